The van der Waals surface area contributed by atoms with Gasteiger partial charge >= 0.3 is 0 Å². The van der Waals surface area contributed by atoms with Crippen LogP contribution in [0.15, 0.2) is 29.8 Å². The van der Waals surface area contributed by atoms with Gasteiger partial charge < -0.3 is 15.1 Å². The van der Waals surface area contributed by atoms with Crippen molar-refractivity contribution in [2.45, 2.75) is 13.5 Å². The van der Waals surface area contributed by atoms with Crippen molar-refractivity contribution >= 4 is 35.9 Å². The number of nitrogens with zero attached hydrogens (tertiary/aromatic N) is 8. The van der Waals surface area contributed by atoms with Crippen LogP contribution >= 0.6 is 24.0 Å². The Labute approximate surface area is 164 Å². The Bertz CT molecular complexity index is 665. The predicted octanol–water partition coefficient (Wildman–Crippen LogP) is 0.511. The number of rotatable bonds is 4. The van der Waals surface area contributed by atoms with Crippen LogP contribution in [0.2, 0.25) is 0 Å². The van der Waals surface area contributed by atoms with Crippen molar-refractivity contribution in [3.05, 3.63) is 30.6 Å². The van der Waals surface area contributed by atoms with Crippen LogP contribution in [0.5, 0.6) is 0 Å². The van der Waals surface area contributed by atoms with Gasteiger partial charge in [0.05, 0.1) is 0 Å². The van der Waals surface area contributed by atoms with Crippen LogP contribution in [0.25, 0.3) is 0 Å². The first kappa shape index (κ1) is 19.3. The third-order valence-corrected chi connectivity index (χ3v) is 3.92. The summed E-state index contributed by atoms with van der Waals surface area (Å²) < 4.78 is 1.75. The van der Waals surface area contributed by atoms with E-state index >= 15 is 0 Å². The Morgan fingerprint density at radius 1 is 1.16 bits per heavy atom. The van der Waals surface area contributed by atoms with E-state index in [-0.39, 0.29) is 24.0 Å². The van der Waals surface area contributed by atoms with Crippen LogP contribution in [-0.4, -0.2) is 68.3 Å². The number of nitrogens with one attached hydrogen (secondary N) is 1. The molecule has 0 atom stereocenters. The number of hydrogen-bond donors (Lipinski definition) is 1. The molecule has 1 saturated heterocycles. The molecule has 0 saturated carbocycles. The van der Waals surface area contributed by atoms with E-state index in [0.717, 1.165) is 50.5 Å². The third-order valence-electron chi connectivity index (χ3n) is 3.92. The van der Waals surface area contributed by atoms with E-state index in [1.807, 2.05) is 13.1 Å². The van der Waals surface area contributed by atoms with Gasteiger partial charge in [-0.05, 0) is 13.0 Å². The minimum Gasteiger partial charge on any atom is -0.357 e. The fraction of sp³-hybridized carbons (Fsp3) is 0.533. The highest BCUT2D eigenvalue weighted by atomic mass is 127. The second kappa shape index (κ2) is 9.49. The van der Waals surface area contributed by atoms with Gasteiger partial charge in [-0.3, -0.25) is 4.68 Å². The second-order valence-corrected chi connectivity index (χ2v) is 5.49. The molecule has 2 aromatic rings. The van der Waals surface area contributed by atoms with Crippen molar-refractivity contribution < 1.29 is 0 Å². The average molecular weight is 457 g/mol. The average Bonchev–Trinajstić information content (AvgIpc) is 3.04. The summed E-state index contributed by atoms with van der Waals surface area (Å²) in [5.41, 5.74) is 0. The van der Waals surface area contributed by atoms with E-state index in [0.29, 0.717) is 6.54 Å². The van der Waals surface area contributed by atoms with Crippen molar-refractivity contribution in [2.24, 2.45) is 12.0 Å². The largest absolute Gasteiger partial charge is 0.357 e. The number of aliphatic imine (C=N–C) groups is 1. The Morgan fingerprint density at radius 3 is 2.48 bits per heavy atom. The summed E-state index contributed by atoms with van der Waals surface area (Å²) >= 11 is 0. The van der Waals surface area contributed by atoms with Gasteiger partial charge in [0.25, 0.3) is 0 Å². The number of piperazine rings is 1. The molecule has 1 aliphatic rings. The molecule has 1 fully saturated rings. The van der Waals surface area contributed by atoms with Crippen molar-refractivity contribution in [3.8, 4) is 0 Å². The van der Waals surface area contributed by atoms with Crippen molar-refractivity contribution in [2.75, 3.05) is 37.6 Å². The number of guanidine groups is 1. The highest BCUT2D eigenvalue weighted by molar-refractivity contribution is 14.0. The molecule has 136 valence electrons. The molecule has 9 nitrogen and oxygen atoms in total. The van der Waals surface area contributed by atoms with Crippen LogP contribution < -0.4 is 10.2 Å². The molecule has 2 aromatic heterocycles. The van der Waals surface area contributed by atoms with Gasteiger partial charge in [0.1, 0.15) is 18.7 Å². The predicted molar refractivity (Wildman–Crippen MR) is 107 cm³/mol. The zero-order chi connectivity index (χ0) is 16.8. The molecular formula is C15H24IN9. The lowest BCUT2D eigenvalue weighted by Gasteiger charge is -2.36. The molecule has 1 aliphatic heterocycles. The minimum atomic E-state index is 0. The summed E-state index contributed by atoms with van der Waals surface area (Å²) in [6.07, 6.45) is 5.11. The summed E-state index contributed by atoms with van der Waals surface area (Å²) in [7, 11) is 1.88. The maximum atomic E-state index is 4.70. The van der Waals surface area contributed by atoms with Gasteiger partial charge in [0.15, 0.2) is 5.96 Å². The Morgan fingerprint density at radius 2 is 1.88 bits per heavy atom. The lowest BCUT2D eigenvalue weighted by atomic mass is 10.3. The highest BCUT2D eigenvalue weighted by Gasteiger charge is 2.21. The summed E-state index contributed by atoms with van der Waals surface area (Å²) in [5.74, 6) is 2.55. The molecule has 25 heavy (non-hydrogen) atoms. The summed E-state index contributed by atoms with van der Waals surface area (Å²) in [5, 5.41) is 7.44. The van der Waals surface area contributed by atoms with E-state index in [1.54, 1.807) is 23.4 Å². The molecule has 1 N–H and O–H groups in total. The maximum Gasteiger partial charge on any atom is 0.225 e. The molecular weight excluding hydrogens is 433 g/mol. The first-order chi connectivity index (χ1) is 11.8. The number of anilines is 1. The van der Waals surface area contributed by atoms with Gasteiger partial charge in [-0.25, -0.2) is 19.9 Å². The smallest absolute Gasteiger partial charge is 0.225 e. The van der Waals surface area contributed by atoms with Crippen molar-refractivity contribution in [3.63, 3.8) is 0 Å². The summed E-state index contributed by atoms with van der Waals surface area (Å²) in [6, 6.07) is 1.84. The highest BCUT2D eigenvalue weighted by Crippen LogP contribution is 2.10. The van der Waals surface area contributed by atoms with Crippen molar-refractivity contribution in [1.29, 1.82) is 0 Å². The first-order valence-electron chi connectivity index (χ1n) is 8.16. The standard InChI is InChI=1S/C15H23N9.HI/c1-3-16-14(19-11-13-20-12-21-22(13)2)23-7-9-24(10-8-23)15-17-5-4-6-18-15;/h4-6,12H,3,7-11H2,1-2H3,(H,16,19);1H. The van der Waals surface area contributed by atoms with Crippen molar-refractivity contribution in [1.82, 2.24) is 34.9 Å². The molecule has 0 aromatic carbocycles. The third kappa shape index (κ3) is 5.00. The van der Waals surface area contributed by atoms with Crippen LogP contribution in [0, 0.1) is 0 Å². The molecule has 0 unspecified atom stereocenters. The second-order valence-electron chi connectivity index (χ2n) is 5.49. The fourth-order valence-electron chi connectivity index (χ4n) is 2.61. The van der Waals surface area contributed by atoms with Gasteiger partial charge in [0.2, 0.25) is 5.95 Å². The Hall–Kier alpha value is -1.98. The minimum absolute atomic E-state index is 0. The van der Waals surface area contributed by atoms with Crippen LogP contribution in [0.3, 0.4) is 0 Å². The topological polar surface area (TPSA) is 87.4 Å². The molecule has 0 spiro atoms. The molecule has 3 rings (SSSR count). The molecule has 0 radical (unpaired) electrons. The van der Waals surface area contributed by atoms with Gasteiger partial charge in [-0.15, -0.1) is 24.0 Å². The summed E-state index contributed by atoms with van der Waals surface area (Å²) in [4.78, 5) is 22.0. The molecule has 10 heteroatoms. The van der Waals surface area contributed by atoms with Crippen LogP contribution in [0.1, 0.15) is 12.7 Å². The van der Waals surface area contributed by atoms with Gasteiger partial charge in [-0.2, -0.15) is 5.10 Å². The Balaban J connectivity index is 0.00000225. The van der Waals surface area contributed by atoms with E-state index in [1.165, 1.54) is 0 Å². The quantitative estimate of drug-likeness (QED) is 0.407. The maximum absolute atomic E-state index is 4.70. The number of aryl methyl sites for hydroxylation is 1. The molecule has 0 bridgehead atoms. The number of halogens is 1. The zero-order valence-electron chi connectivity index (χ0n) is 14.5. The monoisotopic (exact) mass is 457 g/mol. The number of aromatic nitrogens is 5. The van der Waals surface area contributed by atoms with E-state index < -0.39 is 0 Å². The first-order valence-corrected chi connectivity index (χ1v) is 8.16. The number of hydrogen-bond acceptors (Lipinski definition) is 6. The normalized spacial score (nSPS) is 15.0. The van der Waals surface area contributed by atoms with Gasteiger partial charge in [-0.1, -0.05) is 0 Å². The molecule has 0 amide bonds. The van der Waals surface area contributed by atoms with Gasteiger partial charge in [0, 0.05) is 52.2 Å². The molecule has 3 heterocycles. The Kier molecular flexibility index (Phi) is 7.34. The van der Waals surface area contributed by atoms with E-state index in [2.05, 4.69) is 42.1 Å². The van der Waals surface area contributed by atoms with E-state index in [4.69, 9.17) is 4.99 Å². The van der Waals surface area contributed by atoms with Crippen LogP contribution in [-0.2, 0) is 13.6 Å². The van der Waals surface area contributed by atoms with E-state index in [9.17, 15) is 0 Å². The lowest BCUT2D eigenvalue weighted by Crippen LogP contribution is -2.53. The zero-order valence-corrected chi connectivity index (χ0v) is 16.9. The SMILES string of the molecule is CCNC(=NCc1ncnn1C)N1CCN(c2ncccn2)CC1.I. The fourth-order valence-corrected chi connectivity index (χ4v) is 2.61. The molecule has 0 aliphatic carbocycles. The van der Waals surface area contributed by atoms with Crippen LogP contribution in [0.4, 0.5) is 5.95 Å². The lowest BCUT2D eigenvalue weighted by molar-refractivity contribution is 0.370. The summed E-state index contributed by atoms with van der Waals surface area (Å²) in [6.45, 7) is 6.93.